The molecule has 0 aromatic heterocycles. The van der Waals surface area contributed by atoms with Crippen molar-refractivity contribution in [2.24, 2.45) is 0 Å². The maximum absolute atomic E-state index is 11.9. The maximum Gasteiger partial charge on any atom is 0.242 e. The molecule has 1 heterocycles. The zero-order chi connectivity index (χ0) is 15.3. The lowest BCUT2D eigenvalue weighted by Crippen LogP contribution is -2.41. The van der Waals surface area contributed by atoms with Gasteiger partial charge in [0.1, 0.15) is 11.5 Å². The number of allylic oxidation sites excluding steroid dienone is 1. The molecule has 1 aliphatic carbocycles. The van der Waals surface area contributed by atoms with Gasteiger partial charge in [-0.05, 0) is 0 Å². The van der Waals surface area contributed by atoms with Crippen molar-refractivity contribution in [2.45, 2.75) is 24.4 Å². The molecule has 0 amide bonds. The minimum absolute atomic E-state index is 0.116. The molecule has 110 valence electrons. The Labute approximate surface area is 120 Å². The first kappa shape index (κ1) is 13.8. The summed E-state index contributed by atoms with van der Waals surface area (Å²) >= 11 is 0. The predicted octanol–water partition coefficient (Wildman–Crippen LogP) is 0.602. The number of fused-ring (bicyclic) bond motifs is 1. The molecule has 3 rings (SSSR count). The number of benzene rings is 1. The molecule has 0 saturated carbocycles. The van der Waals surface area contributed by atoms with E-state index in [1.54, 1.807) is 30.3 Å². The van der Waals surface area contributed by atoms with E-state index in [0.717, 1.165) is 6.08 Å². The molecule has 0 spiro atoms. The van der Waals surface area contributed by atoms with Crippen LogP contribution in [-0.2, 0) is 15.3 Å². The molecule has 4 N–H and O–H groups in total. The van der Waals surface area contributed by atoms with E-state index in [1.807, 2.05) is 0 Å². The van der Waals surface area contributed by atoms with E-state index in [-0.39, 0.29) is 23.5 Å². The van der Waals surface area contributed by atoms with Crippen LogP contribution < -0.4 is 0 Å². The van der Waals surface area contributed by atoms with Gasteiger partial charge in [-0.1, -0.05) is 30.3 Å². The number of aliphatic hydroxyl groups excluding tert-OH is 1. The van der Waals surface area contributed by atoms with Gasteiger partial charge in [0.25, 0.3) is 0 Å². The standard InChI is InChI=1S/C15H14O6/c16-10-6-14(18,19)8-12-13(10)11(17)7-15(20,21-12)9-4-2-1-3-5-9/h1-5,8,17-20H,6-7H2. The Morgan fingerprint density at radius 2 is 1.71 bits per heavy atom. The van der Waals surface area contributed by atoms with Crippen molar-refractivity contribution < 1.29 is 30.0 Å². The lowest BCUT2D eigenvalue weighted by Gasteiger charge is -2.37. The molecule has 0 saturated heterocycles. The van der Waals surface area contributed by atoms with Gasteiger partial charge in [-0.2, -0.15) is 0 Å². The topological polar surface area (TPSA) is 107 Å². The van der Waals surface area contributed by atoms with Crippen molar-refractivity contribution >= 4 is 5.78 Å². The summed E-state index contributed by atoms with van der Waals surface area (Å²) < 4.78 is 5.40. The van der Waals surface area contributed by atoms with Crippen LogP contribution in [0.2, 0.25) is 0 Å². The van der Waals surface area contributed by atoms with Crippen molar-refractivity contribution in [3.05, 3.63) is 59.1 Å². The second kappa shape index (κ2) is 4.42. The Hall–Kier alpha value is -2.15. The molecule has 0 fully saturated rings. The summed E-state index contributed by atoms with van der Waals surface area (Å²) in [6.07, 6.45) is 0.0509. The van der Waals surface area contributed by atoms with E-state index in [1.165, 1.54) is 0 Å². The highest BCUT2D eigenvalue weighted by atomic mass is 16.6. The van der Waals surface area contributed by atoms with Crippen molar-refractivity contribution in [1.29, 1.82) is 0 Å². The zero-order valence-corrected chi connectivity index (χ0v) is 11.0. The van der Waals surface area contributed by atoms with Crippen LogP contribution in [0.15, 0.2) is 53.5 Å². The van der Waals surface area contributed by atoms with Gasteiger partial charge >= 0.3 is 0 Å². The van der Waals surface area contributed by atoms with Crippen LogP contribution in [-0.4, -0.2) is 32.0 Å². The second-order valence-electron chi connectivity index (χ2n) is 5.24. The molecular formula is C15H14O6. The van der Waals surface area contributed by atoms with E-state index in [2.05, 4.69) is 0 Å². The number of hydrogen-bond donors (Lipinski definition) is 4. The van der Waals surface area contributed by atoms with Crippen molar-refractivity contribution in [1.82, 2.24) is 0 Å². The summed E-state index contributed by atoms with van der Waals surface area (Å²) in [6.45, 7) is 0. The fourth-order valence-corrected chi connectivity index (χ4v) is 2.57. The number of carbonyl (C=O) groups excluding carboxylic acids is 1. The Morgan fingerprint density at radius 1 is 1.05 bits per heavy atom. The molecule has 1 atom stereocenters. The minimum atomic E-state index is -2.36. The van der Waals surface area contributed by atoms with Crippen LogP contribution in [0.3, 0.4) is 0 Å². The first-order valence-electron chi connectivity index (χ1n) is 6.41. The van der Waals surface area contributed by atoms with Crippen LogP contribution in [0.1, 0.15) is 18.4 Å². The fourth-order valence-electron chi connectivity index (χ4n) is 2.57. The van der Waals surface area contributed by atoms with Gasteiger partial charge < -0.3 is 25.2 Å². The Kier molecular flexibility index (Phi) is 2.91. The van der Waals surface area contributed by atoms with E-state index >= 15 is 0 Å². The van der Waals surface area contributed by atoms with Gasteiger partial charge in [0.2, 0.25) is 5.79 Å². The normalized spacial score (nSPS) is 27.8. The molecule has 21 heavy (non-hydrogen) atoms. The lowest BCUT2D eigenvalue weighted by molar-refractivity contribution is -0.200. The van der Waals surface area contributed by atoms with Crippen LogP contribution in [0.25, 0.3) is 0 Å². The summed E-state index contributed by atoms with van der Waals surface area (Å²) in [5.41, 5.74) is 0.269. The van der Waals surface area contributed by atoms with E-state index in [4.69, 9.17) is 4.74 Å². The van der Waals surface area contributed by atoms with Gasteiger partial charge in [-0.15, -0.1) is 0 Å². The average molecular weight is 290 g/mol. The number of carbonyl (C=O) groups is 1. The molecule has 1 aromatic carbocycles. The van der Waals surface area contributed by atoms with Gasteiger partial charge in [0.05, 0.1) is 18.4 Å². The van der Waals surface area contributed by atoms with Gasteiger partial charge in [0.15, 0.2) is 11.6 Å². The third-order valence-electron chi connectivity index (χ3n) is 3.51. The number of rotatable bonds is 1. The fraction of sp³-hybridized carbons (Fsp3) is 0.267. The van der Waals surface area contributed by atoms with Crippen LogP contribution >= 0.6 is 0 Å². The smallest absolute Gasteiger partial charge is 0.242 e. The largest absolute Gasteiger partial charge is 0.511 e. The molecule has 6 nitrogen and oxygen atoms in total. The van der Waals surface area contributed by atoms with Gasteiger partial charge in [-0.25, -0.2) is 0 Å². The summed E-state index contributed by atoms with van der Waals surface area (Å²) in [5, 5.41) is 39.8. The summed E-state index contributed by atoms with van der Waals surface area (Å²) in [6, 6.07) is 8.35. The molecule has 6 heteroatoms. The number of ether oxygens (including phenoxy) is 1. The number of hydrogen-bond acceptors (Lipinski definition) is 6. The lowest BCUT2D eigenvalue weighted by atomic mass is 9.87. The average Bonchev–Trinajstić information content (AvgIpc) is 2.36. The zero-order valence-electron chi connectivity index (χ0n) is 11.0. The van der Waals surface area contributed by atoms with Gasteiger partial charge in [-0.3, -0.25) is 4.79 Å². The third-order valence-corrected chi connectivity index (χ3v) is 3.51. The van der Waals surface area contributed by atoms with E-state index < -0.39 is 23.8 Å². The Balaban J connectivity index is 2.09. The van der Waals surface area contributed by atoms with Crippen LogP contribution in [0, 0.1) is 0 Å². The summed E-state index contributed by atoms with van der Waals surface area (Å²) in [5.74, 6) is -5.43. The molecule has 0 bridgehead atoms. The van der Waals surface area contributed by atoms with E-state index in [0.29, 0.717) is 5.56 Å². The highest BCUT2D eigenvalue weighted by molar-refractivity contribution is 6.01. The summed E-state index contributed by atoms with van der Waals surface area (Å²) in [4.78, 5) is 11.9. The highest BCUT2D eigenvalue weighted by Crippen LogP contribution is 2.42. The molecule has 2 aliphatic rings. The molecule has 1 aromatic rings. The number of aliphatic hydroxyl groups is 4. The quantitative estimate of drug-likeness (QED) is 0.564. The highest BCUT2D eigenvalue weighted by Gasteiger charge is 2.46. The number of Topliss-reactive ketones (excluding diaryl/α,β-unsaturated/α-hetero) is 1. The minimum Gasteiger partial charge on any atom is -0.511 e. The monoisotopic (exact) mass is 290 g/mol. The molecule has 0 radical (unpaired) electrons. The maximum atomic E-state index is 11.9. The van der Waals surface area contributed by atoms with Crippen LogP contribution in [0.5, 0.6) is 0 Å². The number of ketones is 1. The van der Waals surface area contributed by atoms with E-state index in [9.17, 15) is 25.2 Å². The van der Waals surface area contributed by atoms with Crippen molar-refractivity contribution in [3.8, 4) is 0 Å². The molecule has 1 unspecified atom stereocenters. The second-order valence-corrected chi connectivity index (χ2v) is 5.24. The predicted molar refractivity (Wildman–Crippen MR) is 70.6 cm³/mol. The third kappa shape index (κ3) is 2.33. The first-order valence-corrected chi connectivity index (χ1v) is 6.41. The molecule has 1 aliphatic heterocycles. The van der Waals surface area contributed by atoms with Gasteiger partial charge in [0, 0.05) is 11.6 Å². The van der Waals surface area contributed by atoms with Crippen LogP contribution in [0.4, 0.5) is 0 Å². The Morgan fingerprint density at radius 3 is 2.38 bits per heavy atom. The first-order chi connectivity index (χ1) is 9.81. The Bertz CT molecular complexity index is 658. The SMILES string of the molecule is O=C1CC(O)(O)C=C2OC(O)(c3ccccc3)CC(O)=C12. The van der Waals surface area contributed by atoms with Crippen molar-refractivity contribution in [2.75, 3.05) is 0 Å². The summed E-state index contributed by atoms with van der Waals surface area (Å²) in [7, 11) is 0. The van der Waals surface area contributed by atoms with Crippen molar-refractivity contribution in [3.63, 3.8) is 0 Å². The molecular weight excluding hydrogens is 276 g/mol.